The van der Waals surface area contributed by atoms with Crippen LogP contribution in [0.3, 0.4) is 0 Å². The maximum absolute atomic E-state index is 12.9. The molecule has 0 spiro atoms. The zero-order valence-electron chi connectivity index (χ0n) is 20.9. The van der Waals surface area contributed by atoms with Crippen molar-refractivity contribution in [2.45, 2.75) is 53.6 Å². The second-order valence-electron chi connectivity index (χ2n) is 9.99. The number of hydrogen-bond acceptors (Lipinski definition) is 5. The Labute approximate surface area is 209 Å². The summed E-state index contributed by atoms with van der Waals surface area (Å²) in [6.45, 7) is 12.2. The lowest BCUT2D eigenvalue weighted by Gasteiger charge is -2.27. The molecule has 1 aromatic carbocycles. The van der Waals surface area contributed by atoms with Crippen LogP contribution in [0.2, 0.25) is 0 Å². The third kappa shape index (κ3) is 5.43. The average Bonchev–Trinajstić information content (AvgIpc) is 3.46. The van der Waals surface area contributed by atoms with Gasteiger partial charge >= 0.3 is 0 Å². The zero-order valence-corrected chi connectivity index (χ0v) is 21.7. The molecular weight excluding hydrogens is 458 g/mol. The second-order valence-corrected chi connectivity index (χ2v) is 11.1. The van der Waals surface area contributed by atoms with Crippen molar-refractivity contribution in [2.75, 3.05) is 0 Å². The third-order valence-corrected chi connectivity index (χ3v) is 7.39. The van der Waals surface area contributed by atoms with E-state index in [1.807, 2.05) is 51.1 Å². The van der Waals surface area contributed by atoms with Crippen LogP contribution in [-0.2, 0) is 0 Å². The third-order valence-electron chi connectivity index (χ3n) is 6.28. The minimum absolute atomic E-state index is 0.0169. The molecule has 35 heavy (non-hydrogen) atoms. The molecule has 0 saturated carbocycles. The topological polar surface area (TPSA) is 99.8 Å². The van der Waals surface area contributed by atoms with Crippen molar-refractivity contribution < 1.29 is 9.59 Å². The van der Waals surface area contributed by atoms with Gasteiger partial charge in [0.15, 0.2) is 5.65 Å². The smallest absolute Gasteiger partial charge is 0.261 e. The summed E-state index contributed by atoms with van der Waals surface area (Å²) >= 11 is 1.35. The van der Waals surface area contributed by atoms with E-state index >= 15 is 0 Å². The summed E-state index contributed by atoms with van der Waals surface area (Å²) in [7, 11) is 0. The van der Waals surface area contributed by atoms with E-state index in [0.29, 0.717) is 27.3 Å². The number of aryl methyl sites for hydroxylation is 1. The molecule has 3 N–H and O–H groups in total. The molecule has 0 radical (unpaired) electrons. The van der Waals surface area contributed by atoms with Gasteiger partial charge in [0.2, 0.25) is 0 Å². The quantitative estimate of drug-likeness (QED) is 0.326. The standard InChI is InChI=1S/C27H31N5O2S/c1-15-7-9-18(10-8-15)16(2)30-26(34)22-12-11-21(35-22)20-14-29-24-23(32-20)19(13-28-24)25(33)31-17(3)27(4,5)6/h7-14,16-17H,1-6H3,(H,28,29)(H,30,34)(H,31,33)/t16-,17+/m1/s1. The Hall–Kier alpha value is -3.52. The van der Waals surface area contributed by atoms with Crippen LogP contribution < -0.4 is 10.6 Å². The van der Waals surface area contributed by atoms with Crippen molar-refractivity contribution in [1.29, 1.82) is 0 Å². The SMILES string of the molecule is Cc1ccc([C@@H](C)NC(=O)c2ccc(-c3cnc4[nH]cc(C(=O)N[C@@H](C)C(C)(C)C)c4n3)s2)cc1. The highest BCUT2D eigenvalue weighted by Gasteiger charge is 2.24. The lowest BCUT2D eigenvalue weighted by Crippen LogP contribution is -2.41. The van der Waals surface area contributed by atoms with Crippen LogP contribution in [0.15, 0.2) is 48.8 Å². The molecule has 182 valence electrons. The van der Waals surface area contributed by atoms with E-state index in [1.165, 1.54) is 16.9 Å². The van der Waals surface area contributed by atoms with Gasteiger partial charge in [-0.05, 0) is 43.9 Å². The largest absolute Gasteiger partial charge is 0.349 e. The first-order chi connectivity index (χ1) is 16.5. The van der Waals surface area contributed by atoms with E-state index in [0.717, 1.165) is 10.4 Å². The first kappa shape index (κ1) is 24.6. The molecule has 3 aromatic heterocycles. The highest BCUT2D eigenvalue weighted by molar-refractivity contribution is 7.17. The summed E-state index contributed by atoms with van der Waals surface area (Å²) in [5, 5.41) is 6.10. The Bertz CT molecular complexity index is 1360. The molecule has 0 aliphatic rings. The number of aromatic amines is 1. The van der Waals surface area contributed by atoms with Crippen molar-refractivity contribution in [3.05, 3.63) is 70.4 Å². The number of nitrogens with zero attached hydrogens (tertiary/aromatic N) is 2. The van der Waals surface area contributed by atoms with Crippen LogP contribution in [0.25, 0.3) is 21.7 Å². The summed E-state index contributed by atoms with van der Waals surface area (Å²) in [4.78, 5) is 39.3. The number of nitrogens with one attached hydrogen (secondary N) is 3. The second kappa shape index (κ2) is 9.62. The molecule has 0 aliphatic heterocycles. The molecule has 0 unspecified atom stereocenters. The molecule has 4 aromatic rings. The Kier molecular flexibility index (Phi) is 6.76. The molecule has 0 saturated heterocycles. The number of amides is 2. The van der Waals surface area contributed by atoms with Gasteiger partial charge in [-0.25, -0.2) is 9.97 Å². The molecule has 0 aliphatic carbocycles. The van der Waals surface area contributed by atoms with Crippen LogP contribution in [0.4, 0.5) is 0 Å². The molecule has 4 rings (SSSR count). The number of hydrogen-bond donors (Lipinski definition) is 3. The predicted octanol–water partition coefficient (Wildman–Crippen LogP) is 5.65. The molecule has 2 amide bonds. The Morgan fingerprint density at radius 3 is 2.40 bits per heavy atom. The molecule has 0 fully saturated rings. The van der Waals surface area contributed by atoms with Crippen LogP contribution in [0, 0.1) is 12.3 Å². The number of rotatable bonds is 6. The van der Waals surface area contributed by atoms with Crippen LogP contribution in [-0.4, -0.2) is 32.8 Å². The van der Waals surface area contributed by atoms with Crippen molar-refractivity contribution in [3.63, 3.8) is 0 Å². The highest BCUT2D eigenvalue weighted by atomic mass is 32.1. The Morgan fingerprint density at radius 2 is 1.71 bits per heavy atom. The fourth-order valence-electron chi connectivity index (χ4n) is 3.48. The summed E-state index contributed by atoms with van der Waals surface area (Å²) in [6.07, 6.45) is 3.29. The van der Waals surface area contributed by atoms with Crippen LogP contribution in [0.5, 0.6) is 0 Å². The molecule has 2 atom stereocenters. The minimum atomic E-state index is -0.193. The van der Waals surface area contributed by atoms with Crippen molar-refractivity contribution in [1.82, 2.24) is 25.6 Å². The fraction of sp³-hybridized carbons (Fsp3) is 0.333. The van der Waals surface area contributed by atoms with Gasteiger partial charge < -0.3 is 15.6 Å². The van der Waals surface area contributed by atoms with Gasteiger partial charge in [0.1, 0.15) is 5.52 Å². The maximum atomic E-state index is 12.9. The fourth-order valence-corrected chi connectivity index (χ4v) is 4.34. The normalized spacial score (nSPS) is 13.4. The molecular formula is C27H31N5O2S. The Morgan fingerprint density at radius 1 is 1.00 bits per heavy atom. The summed E-state index contributed by atoms with van der Waals surface area (Å²) < 4.78 is 0. The molecule has 0 bridgehead atoms. The number of aromatic nitrogens is 3. The lowest BCUT2D eigenvalue weighted by molar-refractivity contribution is 0.0910. The van der Waals surface area contributed by atoms with Gasteiger partial charge in [-0.1, -0.05) is 50.6 Å². The van der Waals surface area contributed by atoms with Crippen LogP contribution >= 0.6 is 11.3 Å². The van der Waals surface area contributed by atoms with Crippen molar-refractivity contribution in [2.24, 2.45) is 5.41 Å². The first-order valence-corrected chi connectivity index (χ1v) is 12.5. The van der Waals surface area contributed by atoms with Gasteiger partial charge in [-0.15, -0.1) is 11.3 Å². The van der Waals surface area contributed by atoms with E-state index in [-0.39, 0.29) is 29.3 Å². The number of carbonyl (C=O) groups is 2. The number of H-pyrrole nitrogens is 1. The first-order valence-electron chi connectivity index (χ1n) is 11.7. The number of benzene rings is 1. The summed E-state index contributed by atoms with van der Waals surface area (Å²) in [6, 6.07) is 11.7. The summed E-state index contributed by atoms with van der Waals surface area (Å²) in [5.41, 5.74) is 4.29. The highest BCUT2D eigenvalue weighted by Crippen LogP contribution is 2.29. The molecule has 7 nitrogen and oxygen atoms in total. The molecule has 8 heteroatoms. The zero-order chi connectivity index (χ0) is 25.3. The van der Waals surface area contributed by atoms with E-state index in [9.17, 15) is 9.59 Å². The van der Waals surface area contributed by atoms with Gasteiger partial charge in [-0.3, -0.25) is 9.59 Å². The lowest BCUT2D eigenvalue weighted by atomic mass is 9.88. The van der Waals surface area contributed by atoms with E-state index in [2.05, 4.69) is 41.4 Å². The maximum Gasteiger partial charge on any atom is 0.261 e. The monoisotopic (exact) mass is 489 g/mol. The van der Waals surface area contributed by atoms with Gasteiger partial charge in [0.25, 0.3) is 11.8 Å². The summed E-state index contributed by atoms with van der Waals surface area (Å²) in [5.74, 6) is -0.331. The van der Waals surface area contributed by atoms with E-state index < -0.39 is 0 Å². The van der Waals surface area contributed by atoms with Gasteiger partial charge in [0, 0.05) is 12.2 Å². The number of fused-ring (bicyclic) bond motifs is 1. The van der Waals surface area contributed by atoms with Crippen LogP contribution in [0.1, 0.15) is 71.8 Å². The average molecular weight is 490 g/mol. The van der Waals surface area contributed by atoms with Crippen molar-refractivity contribution in [3.8, 4) is 10.6 Å². The van der Waals surface area contributed by atoms with E-state index in [4.69, 9.17) is 4.98 Å². The number of thiophene rings is 1. The Balaban J connectivity index is 1.53. The van der Waals surface area contributed by atoms with E-state index in [1.54, 1.807) is 18.5 Å². The molecule has 3 heterocycles. The van der Waals surface area contributed by atoms with Gasteiger partial charge in [-0.2, -0.15) is 0 Å². The van der Waals surface area contributed by atoms with Gasteiger partial charge in [0.05, 0.1) is 33.3 Å². The number of carbonyl (C=O) groups excluding carboxylic acids is 2. The predicted molar refractivity (Wildman–Crippen MR) is 141 cm³/mol. The van der Waals surface area contributed by atoms with Crippen molar-refractivity contribution >= 4 is 34.3 Å². The minimum Gasteiger partial charge on any atom is -0.349 e.